The Morgan fingerprint density at radius 2 is 1.24 bits per heavy atom. The summed E-state index contributed by atoms with van der Waals surface area (Å²) in [5.74, 6) is -0.116. The third-order valence-electron chi connectivity index (χ3n) is 4.66. The third-order valence-corrected chi connectivity index (χ3v) is 5.10. The molecule has 1 amide bonds. The fraction of sp³-hybridized carbons (Fsp3) is 0.136. The van der Waals surface area contributed by atoms with E-state index in [1.807, 2.05) is 66.7 Å². The fourth-order valence-corrected chi connectivity index (χ4v) is 3.64. The van der Waals surface area contributed by atoms with E-state index >= 15 is 0 Å². The molecular formula is C22H18ClNO. The number of carbonyl (C=O) groups is 1. The molecule has 0 bridgehead atoms. The van der Waals surface area contributed by atoms with Gasteiger partial charge in [-0.15, -0.1) is 11.6 Å². The van der Waals surface area contributed by atoms with E-state index in [1.54, 1.807) is 4.90 Å². The summed E-state index contributed by atoms with van der Waals surface area (Å²) in [4.78, 5) is 15.2. The van der Waals surface area contributed by atoms with Gasteiger partial charge in [-0.25, -0.2) is 0 Å². The number of carbonyl (C=O) groups excluding carboxylic acids is 1. The monoisotopic (exact) mass is 347 g/mol. The summed E-state index contributed by atoms with van der Waals surface area (Å²) in [6.07, 6.45) is 1.82. The molecule has 25 heavy (non-hydrogen) atoms. The van der Waals surface area contributed by atoms with E-state index in [9.17, 15) is 4.79 Å². The van der Waals surface area contributed by atoms with E-state index in [2.05, 4.69) is 12.1 Å². The van der Waals surface area contributed by atoms with E-state index in [0.29, 0.717) is 0 Å². The van der Waals surface area contributed by atoms with Crippen LogP contribution in [-0.2, 0) is 17.6 Å². The van der Waals surface area contributed by atoms with E-state index in [1.165, 1.54) is 11.1 Å². The second-order valence-electron chi connectivity index (χ2n) is 6.20. The SMILES string of the molecule is O=C(C(Cl)c1ccccc1)N1c2ccccc2CCc2ccccc21. The lowest BCUT2D eigenvalue weighted by Crippen LogP contribution is -2.30. The maximum absolute atomic E-state index is 13.4. The number of nitrogens with zero attached hydrogens (tertiary/aromatic N) is 1. The van der Waals surface area contributed by atoms with Gasteiger partial charge in [0.1, 0.15) is 5.38 Å². The number of halogens is 1. The number of aryl methyl sites for hydroxylation is 2. The van der Waals surface area contributed by atoms with Crippen LogP contribution in [0, 0.1) is 0 Å². The topological polar surface area (TPSA) is 20.3 Å². The highest BCUT2D eigenvalue weighted by Crippen LogP contribution is 2.38. The highest BCUT2D eigenvalue weighted by atomic mass is 35.5. The van der Waals surface area contributed by atoms with Crippen molar-refractivity contribution in [3.8, 4) is 0 Å². The van der Waals surface area contributed by atoms with Gasteiger partial charge in [0.15, 0.2) is 0 Å². The number of anilines is 2. The molecule has 3 heteroatoms. The average molecular weight is 348 g/mol. The Morgan fingerprint density at radius 3 is 1.80 bits per heavy atom. The van der Waals surface area contributed by atoms with Crippen molar-refractivity contribution in [3.05, 3.63) is 95.6 Å². The van der Waals surface area contributed by atoms with Crippen molar-refractivity contribution in [1.82, 2.24) is 0 Å². The lowest BCUT2D eigenvalue weighted by atomic mass is 10.0. The van der Waals surface area contributed by atoms with Crippen LogP contribution in [0.1, 0.15) is 22.1 Å². The van der Waals surface area contributed by atoms with E-state index in [-0.39, 0.29) is 5.91 Å². The maximum Gasteiger partial charge on any atom is 0.254 e. The smallest absolute Gasteiger partial charge is 0.254 e. The van der Waals surface area contributed by atoms with Crippen molar-refractivity contribution in [2.75, 3.05) is 4.90 Å². The van der Waals surface area contributed by atoms with Crippen LogP contribution in [0.2, 0.25) is 0 Å². The Kier molecular flexibility index (Phi) is 4.29. The van der Waals surface area contributed by atoms with Crippen molar-refractivity contribution in [1.29, 1.82) is 0 Å². The minimum atomic E-state index is -0.722. The number of hydrogen-bond donors (Lipinski definition) is 0. The molecule has 0 aromatic heterocycles. The molecule has 0 N–H and O–H groups in total. The molecule has 0 fully saturated rings. The molecular weight excluding hydrogens is 330 g/mol. The first-order valence-corrected chi connectivity index (χ1v) is 8.88. The molecule has 1 unspecified atom stereocenters. The van der Waals surface area contributed by atoms with Gasteiger partial charge in [-0.05, 0) is 41.7 Å². The van der Waals surface area contributed by atoms with Gasteiger partial charge in [0.05, 0.1) is 11.4 Å². The van der Waals surface area contributed by atoms with Gasteiger partial charge in [-0.3, -0.25) is 9.69 Å². The second-order valence-corrected chi connectivity index (χ2v) is 6.64. The number of para-hydroxylation sites is 2. The molecule has 1 aliphatic heterocycles. The number of alkyl halides is 1. The normalized spacial score (nSPS) is 14.2. The Labute approximate surface area is 152 Å². The van der Waals surface area contributed by atoms with Crippen LogP contribution < -0.4 is 4.90 Å². The lowest BCUT2D eigenvalue weighted by Gasteiger charge is -2.27. The molecule has 2 nitrogen and oxygen atoms in total. The van der Waals surface area contributed by atoms with Crippen molar-refractivity contribution in [2.45, 2.75) is 18.2 Å². The van der Waals surface area contributed by atoms with Crippen LogP contribution in [-0.4, -0.2) is 5.91 Å². The van der Waals surface area contributed by atoms with Gasteiger partial charge in [0.25, 0.3) is 5.91 Å². The molecule has 1 atom stereocenters. The zero-order valence-electron chi connectivity index (χ0n) is 13.7. The minimum absolute atomic E-state index is 0.116. The summed E-state index contributed by atoms with van der Waals surface area (Å²) >= 11 is 6.59. The Bertz CT molecular complexity index is 859. The first-order valence-electron chi connectivity index (χ1n) is 8.44. The maximum atomic E-state index is 13.4. The van der Waals surface area contributed by atoms with Crippen LogP contribution in [0.5, 0.6) is 0 Å². The van der Waals surface area contributed by atoms with Crippen LogP contribution in [0.15, 0.2) is 78.9 Å². The summed E-state index contributed by atoms with van der Waals surface area (Å²) in [5.41, 5.74) is 5.01. The number of rotatable bonds is 2. The predicted molar refractivity (Wildman–Crippen MR) is 102 cm³/mol. The largest absolute Gasteiger partial charge is 0.279 e. The third kappa shape index (κ3) is 2.94. The molecule has 0 saturated carbocycles. The quantitative estimate of drug-likeness (QED) is 0.566. The van der Waals surface area contributed by atoms with Gasteiger partial charge in [-0.1, -0.05) is 66.7 Å². The predicted octanol–water partition coefficient (Wildman–Crippen LogP) is 5.43. The first kappa shape index (κ1) is 15.9. The number of amides is 1. The van der Waals surface area contributed by atoms with E-state index in [4.69, 9.17) is 11.6 Å². The molecule has 3 aromatic rings. The fourth-order valence-electron chi connectivity index (χ4n) is 3.40. The highest BCUT2D eigenvalue weighted by Gasteiger charge is 2.30. The molecule has 4 rings (SSSR count). The molecule has 0 aliphatic carbocycles. The van der Waals surface area contributed by atoms with E-state index in [0.717, 1.165) is 29.8 Å². The van der Waals surface area contributed by atoms with Crippen molar-refractivity contribution in [2.24, 2.45) is 0 Å². The Balaban J connectivity index is 1.84. The second kappa shape index (κ2) is 6.73. The van der Waals surface area contributed by atoms with E-state index < -0.39 is 5.38 Å². The summed E-state index contributed by atoms with van der Waals surface area (Å²) in [6, 6.07) is 25.7. The summed E-state index contributed by atoms with van der Waals surface area (Å²) in [7, 11) is 0. The summed E-state index contributed by atoms with van der Waals surface area (Å²) < 4.78 is 0. The average Bonchev–Trinajstić information content (AvgIpc) is 2.84. The minimum Gasteiger partial charge on any atom is -0.279 e. The molecule has 1 aliphatic rings. The molecule has 1 heterocycles. The van der Waals surface area contributed by atoms with Crippen LogP contribution in [0.4, 0.5) is 11.4 Å². The zero-order valence-corrected chi connectivity index (χ0v) is 14.5. The highest BCUT2D eigenvalue weighted by molar-refractivity contribution is 6.33. The summed E-state index contributed by atoms with van der Waals surface area (Å²) in [5, 5.41) is -0.722. The van der Waals surface area contributed by atoms with Crippen molar-refractivity contribution < 1.29 is 4.79 Å². The van der Waals surface area contributed by atoms with Gasteiger partial charge in [0, 0.05) is 0 Å². The van der Waals surface area contributed by atoms with Crippen molar-refractivity contribution >= 4 is 28.9 Å². The number of fused-ring (bicyclic) bond motifs is 2. The molecule has 0 saturated heterocycles. The Hall–Kier alpha value is -2.58. The van der Waals surface area contributed by atoms with Gasteiger partial charge in [0.2, 0.25) is 0 Å². The van der Waals surface area contributed by atoms with Crippen molar-refractivity contribution in [3.63, 3.8) is 0 Å². The van der Waals surface area contributed by atoms with Crippen LogP contribution in [0.25, 0.3) is 0 Å². The zero-order chi connectivity index (χ0) is 17.2. The molecule has 0 spiro atoms. The molecule has 124 valence electrons. The van der Waals surface area contributed by atoms with Gasteiger partial charge in [-0.2, -0.15) is 0 Å². The molecule has 3 aromatic carbocycles. The Morgan fingerprint density at radius 1 is 0.760 bits per heavy atom. The van der Waals surface area contributed by atoms with Gasteiger partial charge < -0.3 is 0 Å². The van der Waals surface area contributed by atoms with Gasteiger partial charge >= 0.3 is 0 Å². The lowest BCUT2D eigenvalue weighted by molar-refractivity contribution is -0.117. The first-order chi connectivity index (χ1) is 12.3. The number of hydrogen-bond acceptors (Lipinski definition) is 1. The summed E-state index contributed by atoms with van der Waals surface area (Å²) in [6.45, 7) is 0. The van der Waals surface area contributed by atoms with Crippen LogP contribution in [0.3, 0.4) is 0 Å². The standard InChI is InChI=1S/C22H18ClNO/c23-21(18-10-2-1-3-11-18)22(25)24-19-12-6-4-8-16(19)14-15-17-9-5-7-13-20(17)24/h1-13,21H,14-15H2. The molecule has 0 radical (unpaired) electrons. The van der Waals surface area contributed by atoms with Crippen LogP contribution >= 0.6 is 11.6 Å². The number of benzene rings is 3.